The Morgan fingerprint density at radius 1 is 1.07 bits per heavy atom. The van der Waals surface area contributed by atoms with Crippen LogP contribution in [0.1, 0.15) is 89.2 Å². The number of rotatable bonds is 23. The lowest BCUT2D eigenvalue weighted by molar-refractivity contribution is -0.152. The van der Waals surface area contributed by atoms with Crippen molar-refractivity contribution < 1.29 is 34.1 Å². The third kappa shape index (κ3) is 14.7. The van der Waals surface area contributed by atoms with Gasteiger partial charge in [-0.3, -0.25) is 14.4 Å². The van der Waals surface area contributed by atoms with Crippen molar-refractivity contribution in [1.29, 1.82) is 0 Å². The smallest absolute Gasteiger partial charge is 0.306 e. The number of aliphatic hydroxyl groups is 2. The van der Waals surface area contributed by atoms with Gasteiger partial charge in [-0.05, 0) is 48.3 Å². The van der Waals surface area contributed by atoms with Gasteiger partial charge in [-0.25, -0.2) is 0 Å². The Morgan fingerprint density at radius 3 is 2.45 bits per heavy atom. The van der Waals surface area contributed by atoms with E-state index >= 15 is 0 Å². The van der Waals surface area contributed by atoms with E-state index in [1.807, 2.05) is 29.2 Å². The lowest BCUT2D eigenvalue weighted by Gasteiger charge is -2.22. The molecule has 1 aromatic carbocycles. The summed E-state index contributed by atoms with van der Waals surface area (Å²) in [6.07, 6.45) is 10.4. The van der Waals surface area contributed by atoms with Crippen LogP contribution in [0, 0.1) is 11.8 Å². The van der Waals surface area contributed by atoms with Gasteiger partial charge in [0.05, 0.1) is 18.8 Å². The molecular weight excluding hydrogens is 578 g/mol. The Bertz CT molecular complexity index is 1010. The number of aliphatic hydroxyl groups excluding tert-OH is 2. The van der Waals surface area contributed by atoms with E-state index < -0.39 is 12.2 Å². The second-order valence-electron chi connectivity index (χ2n) is 11.8. The number of hydrogen-bond acceptors (Lipinski definition) is 8. The van der Waals surface area contributed by atoms with Crippen molar-refractivity contribution in [1.82, 2.24) is 4.90 Å². The van der Waals surface area contributed by atoms with Gasteiger partial charge in [0.15, 0.2) is 6.61 Å². The molecule has 0 spiro atoms. The quantitative estimate of drug-likeness (QED) is 0.0921. The highest BCUT2D eigenvalue weighted by atomic mass is 32.2. The highest BCUT2D eigenvalue weighted by molar-refractivity contribution is 7.99. The number of carbonyl (C=O) groups excluding carboxylic acids is 3. The van der Waals surface area contributed by atoms with E-state index in [2.05, 4.69) is 13.8 Å². The monoisotopic (exact) mass is 633 g/mol. The fraction of sp³-hybridized carbons (Fsp3) is 0.686. The highest BCUT2D eigenvalue weighted by Gasteiger charge is 2.39. The van der Waals surface area contributed by atoms with E-state index in [1.165, 1.54) is 0 Å². The maximum Gasteiger partial charge on any atom is 0.306 e. The van der Waals surface area contributed by atoms with Crippen molar-refractivity contribution in [2.45, 2.75) is 103 Å². The fourth-order valence-corrected chi connectivity index (χ4v) is 6.55. The van der Waals surface area contributed by atoms with Crippen molar-refractivity contribution >= 4 is 29.4 Å². The number of benzene rings is 1. The van der Waals surface area contributed by atoms with Gasteiger partial charge >= 0.3 is 5.97 Å². The van der Waals surface area contributed by atoms with Crippen molar-refractivity contribution in [2.75, 3.05) is 38.3 Å². The van der Waals surface area contributed by atoms with Crippen molar-refractivity contribution in [3.63, 3.8) is 0 Å². The molecular formula is C35H55NO7S. The number of nitrogens with zero attached hydrogens (tertiary/aromatic N) is 1. The van der Waals surface area contributed by atoms with Crippen molar-refractivity contribution in [3.8, 4) is 0 Å². The number of Topliss-reactive ketones (excluding diaryl/α,β-unsaturated/α-hetero) is 1. The number of ketones is 1. The second kappa shape index (κ2) is 22.3. The molecule has 0 aliphatic heterocycles. The van der Waals surface area contributed by atoms with E-state index in [0.717, 1.165) is 61.2 Å². The summed E-state index contributed by atoms with van der Waals surface area (Å²) < 4.78 is 10.5. The molecule has 4 atom stereocenters. The minimum absolute atomic E-state index is 0.0567. The van der Waals surface area contributed by atoms with Gasteiger partial charge in [0.1, 0.15) is 5.78 Å². The lowest BCUT2D eigenvalue weighted by Crippen LogP contribution is -2.36. The number of methoxy groups -OCH3 is 1. The van der Waals surface area contributed by atoms with Gasteiger partial charge in [-0.2, -0.15) is 11.8 Å². The highest BCUT2D eigenvalue weighted by Crippen LogP contribution is 2.34. The molecule has 0 bridgehead atoms. The fourth-order valence-electron chi connectivity index (χ4n) is 5.57. The Morgan fingerprint density at radius 2 is 1.77 bits per heavy atom. The normalized spacial score (nSPS) is 19.0. The molecule has 0 heterocycles. The van der Waals surface area contributed by atoms with Crippen LogP contribution >= 0.6 is 11.8 Å². The summed E-state index contributed by atoms with van der Waals surface area (Å²) in [6.45, 7) is 6.02. The molecule has 44 heavy (non-hydrogen) atoms. The zero-order chi connectivity index (χ0) is 32.2. The summed E-state index contributed by atoms with van der Waals surface area (Å²) in [7, 11) is 1.65. The Labute approximate surface area is 269 Å². The summed E-state index contributed by atoms with van der Waals surface area (Å²) in [5.74, 6) is 0.475. The van der Waals surface area contributed by atoms with Gasteiger partial charge in [-0.1, -0.05) is 75.9 Å². The lowest BCUT2D eigenvalue weighted by atomic mass is 9.91. The number of hydrogen-bond donors (Lipinski definition) is 2. The topological polar surface area (TPSA) is 113 Å². The Balaban J connectivity index is 1.69. The van der Waals surface area contributed by atoms with Crippen LogP contribution in [0.15, 0.2) is 36.4 Å². The standard InChI is InChI=1S/C35H55NO7S/c1-4-6-8-18-36(19-9-7-5-2)34(40)26-43-35(41)14-11-20-44-21-17-31-30(32(38)24-33(31)39)16-15-29(37)23-27-12-10-13-28(22-27)25-42-3/h10,12-13,15-16,22,29-32,37-38H,4-9,11,14,17-21,23-26H2,1-3H3. The van der Waals surface area contributed by atoms with Crippen LogP contribution in [0.4, 0.5) is 0 Å². The summed E-state index contributed by atoms with van der Waals surface area (Å²) >= 11 is 1.67. The molecule has 1 saturated carbocycles. The largest absolute Gasteiger partial charge is 0.456 e. The van der Waals surface area contributed by atoms with Crippen LogP contribution in [0.3, 0.4) is 0 Å². The molecule has 1 amide bonds. The second-order valence-corrected chi connectivity index (χ2v) is 13.0. The van der Waals surface area contributed by atoms with Crippen molar-refractivity contribution in [2.24, 2.45) is 11.8 Å². The molecule has 0 aromatic heterocycles. The first-order valence-corrected chi connectivity index (χ1v) is 17.6. The van der Waals surface area contributed by atoms with Gasteiger partial charge in [-0.15, -0.1) is 0 Å². The van der Waals surface area contributed by atoms with Crippen LogP contribution < -0.4 is 0 Å². The molecule has 0 saturated heterocycles. The minimum atomic E-state index is -0.738. The van der Waals surface area contributed by atoms with E-state index in [-0.39, 0.29) is 48.9 Å². The molecule has 1 aliphatic carbocycles. The number of unbranched alkanes of at least 4 members (excludes halogenated alkanes) is 4. The summed E-state index contributed by atoms with van der Waals surface area (Å²) in [5.41, 5.74) is 2.04. The molecule has 1 aliphatic rings. The molecule has 2 N–H and O–H groups in total. The maximum atomic E-state index is 12.6. The third-order valence-electron chi connectivity index (χ3n) is 8.05. The Hall–Kier alpha value is -2.20. The summed E-state index contributed by atoms with van der Waals surface area (Å²) in [6, 6.07) is 7.89. The van der Waals surface area contributed by atoms with E-state index in [9.17, 15) is 24.6 Å². The molecule has 1 aromatic rings. The number of carbonyl (C=O) groups is 3. The van der Waals surface area contributed by atoms with Crippen LogP contribution in [0.2, 0.25) is 0 Å². The molecule has 248 valence electrons. The van der Waals surface area contributed by atoms with E-state index in [0.29, 0.717) is 39.0 Å². The first kappa shape index (κ1) is 38.0. The number of ether oxygens (including phenoxy) is 2. The average molecular weight is 634 g/mol. The minimum Gasteiger partial charge on any atom is -0.456 e. The van der Waals surface area contributed by atoms with Crippen molar-refractivity contribution in [3.05, 3.63) is 47.5 Å². The molecule has 1 fully saturated rings. The van der Waals surface area contributed by atoms with Gasteiger partial charge < -0.3 is 24.6 Å². The summed E-state index contributed by atoms with van der Waals surface area (Å²) in [5, 5.41) is 21.1. The third-order valence-corrected chi connectivity index (χ3v) is 9.15. The van der Waals surface area contributed by atoms with Crippen LogP contribution in [-0.2, 0) is 36.9 Å². The summed E-state index contributed by atoms with van der Waals surface area (Å²) in [4.78, 5) is 39.3. The molecule has 2 rings (SSSR count). The Kier molecular flexibility index (Phi) is 19.3. The number of esters is 1. The first-order chi connectivity index (χ1) is 21.3. The van der Waals surface area contributed by atoms with Gasteiger partial charge in [0.25, 0.3) is 5.91 Å². The van der Waals surface area contributed by atoms with E-state index in [1.54, 1.807) is 31.0 Å². The van der Waals surface area contributed by atoms with Gasteiger partial charge in [0, 0.05) is 51.3 Å². The average Bonchev–Trinajstić information content (AvgIpc) is 3.27. The number of amides is 1. The molecule has 9 heteroatoms. The predicted molar refractivity (Wildman–Crippen MR) is 176 cm³/mol. The van der Waals surface area contributed by atoms with E-state index in [4.69, 9.17) is 9.47 Å². The molecule has 8 nitrogen and oxygen atoms in total. The van der Waals surface area contributed by atoms with Crippen LogP contribution in [0.25, 0.3) is 0 Å². The predicted octanol–water partition coefficient (Wildman–Crippen LogP) is 5.51. The number of thioether (sulfide) groups is 1. The zero-order valence-electron chi connectivity index (χ0n) is 27.1. The SMILES string of the molecule is CCCCCN(CCCCC)C(=O)COC(=O)CCCSCCC1C(=O)CC(O)C1C=CC(O)Cc1cccc(COC)c1. The van der Waals surface area contributed by atoms with Crippen LogP contribution in [-0.4, -0.2) is 83.3 Å². The molecule has 4 unspecified atom stereocenters. The maximum absolute atomic E-state index is 12.6. The first-order valence-electron chi connectivity index (χ1n) is 16.4. The van der Waals surface area contributed by atoms with Crippen LogP contribution in [0.5, 0.6) is 0 Å². The van der Waals surface area contributed by atoms with Gasteiger partial charge in [0.2, 0.25) is 0 Å². The zero-order valence-corrected chi connectivity index (χ0v) is 27.9. The molecule has 0 radical (unpaired) electrons.